The first kappa shape index (κ1) is 15.5. The van der Waals surface area contributed by atoms with E-state index in [1.165, 1.54) is 11.3 Å². The summed E-state index contributed by atoms with van der Waals surface area (Å²) >= 11 is 1.83. The number of thiophene rings is 1. The molecule has 6 nitrogen and oxygen atoms in total. The number of hydrogen-bond donors (Lipinski definition) is 1. The van der Waals surface area contributed by atoms with Crippen molar-refractivity contribution < 1.29 is 4.79 Å². The summed E-state index contributed by atoms with van der Waals surface area (Å²) in [6.45, 7) is 4.14. The second-order valence-electron chi connectivity index (χ2n) is 7.65. The lowest BCUT2D eigenvalue weighted by atomic mass is 9.89. The number of hydrogen-bond acceptors (Lipinski definition) is 5. The van der Waals surface area contributed by atoms with E-state index in [9.17, 15) is 4.79 Å². The Morgan fingerprint density at radius 1 is 1.24 bits per heavy atom. The Kier molecular flexibility index (Phi) is 3.86. The molecule has 0 bridgehead atoms. The molecule has 1 saturated heterocycles. The van der Waals surface area contributed by atoms with Crippen LogP contribution in [-0.2, 0) is 19.5 Å². The fourth-order valence-corrected chi connectivity index (χ4v) is 5.09. The van der Waals surface area contributed by atoms with Gasteiger partial charge in [-0.05, 0) is 42.5 Å². The minimum absolute atomic E-state index is 0.0460. The van der Waals surface area contributed by atoms with E-state index in [2.05, 4.69) is 42.5 Å². The van der Waals surface area contributed by atoms with Crippen LogP contribution in [0.15, 0.2) is 17.5 Å². The maximum absolute atomic E-state index is 12.5. The molecule has 0 radical (unpaired) electrons. The Hall–Kier alpha value is -1.73. The van der Waals surface area contributed by atoms with Crippen LogP contribution >= 0.6 is 11.3 Å². The van der Waals surface area contributed by atoms with Crippen molar-refractivity contribution in [2.75, 3.05) is 13.1 Å². The molecule has 7 heteroatoms. The third kappa shape index (κ3) is 2.89. The summed E-state index contributed by atoms with van der Waals surface area (Å²) in [4.78, 5) is 16.5. The van der Waals surface area contributed by atoms with Gasteiger partial charge in [-0.25, -0.2) is 0 Å². The second-order valence-corrected chi connectivity index (χ2v) is 8.68. The lowest BCUT2D eigenvalue weighted by Crippen LogP contribution is -2.41. The molecule has 0 spiro atoms. The minimum atomic E-state index is -0.0460. The Morgan fingerprint density at radius 3 is 2.88 bits per heavy atom. The van der Waals surface area contributed by atoms with E-state index < -0.39 is 0 Å². The van der Waals surface area contributed by atoms with Crippen molar-refractivity contribution in [3.63, 3.8) is 0 Å². The second kappa shape index (κ2) is 6.21. The van der Waals surface area contributed by atoms with E-state index in [1.54, 1.807) is 0 Å². The summed E-state index contributed by atoms with van der Waals surface area (Å²) in [5, 5.41) is 13.8. The zero-order chi connectivity index (χ0) is 16.8. The monoisotopic (exact) mass is 357 g/mol. The van der Waals surface area contributed by atoms with Crippen LogP contribution in [0.25, 0.3) is 0 Å². The van der Waals surface area contributed by atoms with Crippen LogP contribution in [0.1, 0.15) is 40.6 Å². The Labute approximate surface area is 151 Å². The SMILES string of the molecule is O=C(NC1CCC1)c1nnc2n1C[C@H]1CN(Cc3cccs3)C[C@H]1C2. The van der Waals surface area contributed by atoms with Crippen LogP contribution in [0, 0.1) is 11.8 Å². The van der Waals surface area contributed by atoms with Crippen molar-refractivity contribution in [1.29, 1.82) is 0 Å². The molecule has 1 N–H and O–H groups in total. The predicted molar refractivity (Wildman–Crippen MR) is 95.4 cm³/mol. The molecular weight excluding hydrogens is 334 g/mol. The fourth-order valence-electron chi connectivity index (χ4n) is 4.34. The summed E-state index contributed by atoms with van der Waals surface area (Å²) in [6.07, 6.45) is 4.34. The van der Waals surface area contributed by atoms with Gasteiger partial charge in [-0.1, -0.05) is 6.07 Å². The third-order valence-corrected chi connectivity index (χ3v) is 6.81. The average molecular weight is 357 g/mol. The Morgan fingerprint density at radius 2 is 2.12 bits per heavy atom. The summed E-state index contributed by atoms with van der Waals surface area (Å²) in [5.41, 5.74) is 0. The molecule has 25 heavy (non-hydrogen) atoms. The smallest absolute Gasteiger partial charge is 0.289 e. The normalized spacial score (nSPS) is 26.1. The standard InChI is InChI=1S/C18H23N5OS/c24-18(19-14-3-1-4-14)17-21-20-16-7-12-8-22(9-13(12)10-23(16)17)11-15-5-2-6-25-15/h2,5-6,12-14H,1,3-4,7-11H2,(H,19,24)/t12-,13-/m1/s1. The molecule has 2 aliphatic heterocycles. The Balaban J connectivity index is 1.28. The molecule has 1 saturated carbocycles. The summed E-state index contributed by atoms with van der Waals surface area (Å²) in [5.74, 6) is 2.68. The van der Waals surface area contributed by atoms with Crippen molar-refractivity contribution in [2.45, 2.75) is 44.8 Å². The average Bonchev–Trinajstić information content (AvgIpc) is 3.27. The molecule has 4 heterocycles. The molecule has 2 aromatic rings. The molecule has 3 aliphatic rings. The number of nitrogens with zero attached hydrogens (tertiary/aromatic N) is 4. The molecule has 2 fully saturated rings. The molecule has 2 atom stereocenters. The highest BCUT2D eigenvalue weighted by molar-refractivity contribution is 7.09. The highest BCUT2D eigenvalue weighted by atomic mass is 32.1. The highest BCUT2D eigenvalue weighted by Gasteiger charge is 2.39. The minimum Gasteiger partial charge on any atom is -0.347 e. The van der Waals surface area contributed by atoms with E-state index in [1.807, 2.05) is 11.3 Å². The van der Waals surface area contributed by atoms with Crippen molar-refractivity contribution >= 4 is 17.2 Å². The first-order chi connectivity index (χ1) is 12.3. The largest absolute Gasteiger partial charge is 0.347 e. The summed E-state index contributed by atoms with van der Waals surface area (Å²) < 4.78 is 2.07. The zero-order valence-electron chi connectivity index (χ0n) is 14.2. The van der Waals surface area contributed by atoms with E-state index in [0.717, 1.165) is 51.3 Å². The number of fused-ring (bicyclic) bond motifs is 2. The van der Waals surface area contributed by atoms with Gasteiger partial charge in [0, 0.05) is 43.5 Å². The molecule has 5 rings (SSSR count). The number of carbonyl (C=O) groups is 1. The topological polar surface area (TPSA) is 63.1 Å². The quantitative estimate of drug-likeness (QED) is 0.908. The van der Waals surface area contributed by atoms with Crippen LogP contribution < -0.4 is 5.32 Å². The van der Waals surface area contributed by atoms with Crippen molar-refractivity contribution in [3.05, 3.63) is 34.0 Å². The molecule has 1 amide bonds. The van der Waals surface area contributed by atoms with E-state index in [4.69, 9.17) is 0 Å². The van der Waals surface area contributed by atoms with Crippen molar-refractivity contribution in [2.24, 2.45) is 11.8 Å². The number of likely N-dealkylation sites (tertiary alicyclic amines) is 1. The van der Waals surface area contributed by atoms with Gasteiger partial charge in [0.15, 0.2) is 0 Å². The van der Waals surface area contributed by atoms with Crippen molar-refractivity contribution in [3.8, 4) is 0 Å². The maximum Gasteiger partial charge on any atom is 0.289 e. The first-order valence-electron chi connectivity index (χ1n) is 9.24. The molecular formula is C18H23N5OS. The predicted octanol–water partition coefficient (Wildman–Crippen LogP) is 1.93. The zero-order valence-corrected chi connectivity index (χ0v) is 15.0. The molecule has 132 valence electrons. The summed E-state index contributed by atoms with van der Waals surface area (Å²) in [7, 11) is 0. The number of amides is 1. The van der Waals surface area contributed by atoms with Gasteiger partial charge in [0.1, 0.15) is 5.82 Å². The molecule has 2 aromatic heterocycles. The lowest BCUT2D eigenvalue weighted by molar-refractivity contribution is 0.0898. The van der Waals surface area contributed by atoms with E-state index >= 15 is 0 Å². The van der Waals surface area contributed by atoms with Crippen molar-refractivity contribution in [1.82, 2.24) is 25.0 Å². The third-order valence-electron chi connectivity index (χ3n) is 5.94. The van der Waals surface area contributed by atoms with E-state index in [0.29, 0.717) is 23.7 Å². The fraction of sp³-hybridized carbons (Fsp3) is 0.611. The summed E-state index contributed by atoms with van der Waals surface area (Å²) in [6, 6.07) is 4.67. The van der Waals surface area contributed by atoms with Crippen LogP contribution in [0.4, 0.5) is 0 Å². The molecule has 0 aromatic carbocycles. The van der Waals surface area contributed by atoms with Gasteiger partial charge in [0.2, 0.25) is 5.82 Å². The number of rotatable bonds is 4. The van der Waals surface area contributed by atoms with Crippen LogP contribution in [0.5, 0.6) is 0 Å². The number of aromatic nitrogens is 3. The van der Waals surface area contributed by atoms with Gasteiger partial charge in [-0.2, -0.15) is 0 Å². The molecule has 0 unspecified atom stereocenters. The van der Waals surface area contributed by atoms with Gasteiger partial charge in [0.25, 0.3) is 5.91 Å². The van der Waals surface area contributed by atoms with Gasteiger partial charge in [-0.15, -0.1) is 21.5 Å². The Bertz CT molecular complexity index is 767. The van der Waals surface area contributed by atoms with Crippen LogP contribution in [0.2, 0.25) is 0 Å². The van der Waals surface area contributed by atoms with E-state index in [-0.39, 0.29) is 5.91 Å². The number of carbonyl (C=O) groups excluding carboxylic acids is 1. The van der Waals surface area contributed by atoms with Gasteiger partial charge < -0.3 is 9.88 Å². The van der Waals surface area contributed by atoms with Gasteiger partial charge in [-0.3, -0.25) is 9.69 Å². The van der Waals surface area contributed by atoms with Crippen LogP contribution in [0.3, 0.4) is 0 Å². The first-order valence-corrected chi connectivity index (χ1v) is 10.1. The maximum atomic E-state index is 12.5. The lowest BCUT2D eigenvalue weighted by Gasteiger charge is -2.28. The van der Waals surface area contributed by atoms with Crippen LogP contribution in [-0.4, -0.2) is 44.7 Å². The van der Waals surface area contributed by atoms with Gasteiger partial charge in [0.05, 0.1) is 0 Å². The number of nitrogens with one attached hydrogen (secondary N) is 1. The van der Waals surface area contributed by atoms with Gasteiger partial charge >= 0.3 is 0 Å². The molecule has 1 aliphatic carbocycles. The highest BCUT2D eigenvalue weighted by Crippen LogP contribution is 2.33.